The van der Waals surface area contributed by atoms with Crippen molar-refractivity contribution in [3.63, 3.8) is 0 Å². The average Bonchev–Trinajstić information content (AvgIpc) is 2.31. The summed E-state index contributed by atoms with van der Waals surface area (Å²) in [5.74, 6) is 0.337. The van der Waals surface area contributed by atoms with Gasteiger partial charge in [0, 0.05) is 12.7 Å². The van der Waals surface area contributed by atoms with E-state index in [0.29, 0.717) is 12.5 Å². The van der Waals surface area contributed by atoms with E-state index in [-0.39, 0.29) is 28.6 Å². The van der Waals surface area contributed by atoms with Gasteiger partial charge in [-0.2, -0.15) is 0 Å². The van der Waals surface area contributed by atoms with Gasteiger partial charge in [0.15, 0.2) is 0 Å². The van der Waals surface area contributed by atoms with Crippen LogP contribution in [0.25, 0.3) is 0 Å². The van der Waals surface area contributed by atoms with Gasteiger partial charge in [-0.15, -0.1) is 0 Å². The summed E-state index contributed by atoms with van der Waals surface area (Å²) in [6.45, 7) is 4.76. The number of carbonyl (C=O) groups is 1. The number of nitrogens with two attached hydrogens (primary N) is 1. The van der Waals surface area contributed by atoms with Crippen LogP contribution in [0.15, 0.2) is 23.1 Å². The summed E-state index contributed by atoms with van der Waals surface area (Å²) < 4.78 is 1.30. The van der Waals surface area contributed by atoms with Crippen molar-refractivity contribution in [3.05, 3.63) is 34.2 Å². The van der Waals surface area contributed by atoms with Crippen LogP contribution in [0.4, 0.5) is 0 Å². The van der Waals surface area contributed by atoms with Crippen molar-refractivity contribution in [2.45, 2.75) is 26.8 Å². The summed E-state index contributed by atoms with van der Waals surface area (Å²) >= 11 is 4.79. The second-order valence-electron chi connectivity index (χ2n) is 4.75. The van der Waals surface area contributed by atoms with Gasteiger partial charge in [0.05, 0.1) is 5.56 Å². The molecule has 1 rings (SSSR count). The zero-order valence-corrected chi connectivity index (χ0v) is 12.0. The first-order chi connectivity index (χ1) is 8.91. The zero-order valence-electron chi connectivity index (χ0n) is 11.2. The molecule has 1 aromatic rings. The van der Waals surface area contributed by atoms with Gasteiger partial charge in [-0.05, 0) is 24.5 Å². The highest BCUT2D eigenvalue weighted by molar-refractivity contribution is 7.80. The summed E-state index contributed by atoms with van der Waals surface area (Å²) in [4.78, 5) is 23.7. The third-order valence-corrected chi connectivity index (χ3v) is 2.86. The minimum Gasteiger partial charge on any atom is -0.389 e. The molecule has 0 bridgehead atoms. The van der Waals surface area contributed by atoms with Crippen LogP contribution in [0.5, 0.6) is 0 Å². The lowest BCUT2D eigenvalue weighted by Crippen LogP contribution is -2.35. The van der Waals surface area contributed by atoms with E-state index in [1.807, 2.05) is 0 Å². The van der Waals surface area contributed by atoms with Gasteiger partial charge in [-0.1, -0.05) is 26.1 Å². The Labute approximate surface area is 117 Å². The molecule has 6 heteroatoms. The molecule has 0 saturated heterocycles. The van der Waals surface area contributed by atoms with E-state index in [1.54, 1.807) is 18.3 Å². The maximum absolute atomic E-state index is 11.9. The number of hydrogen-bond donors (Lipinski definition) is 2. The largest absolute Gasteiger partial charge is 0.389 e. The molecule has 0 radical (unpaired) electrons. The van der Waals surface area contributed by atoms with Crippen molar-refractivity contribution in [3.8, 4) is 0 Å². The number of thiocarbonyl (C=S) groups is 1. The Morgan fingerprint density at radius 1 is 1.53 bits per heavy atom. The lowest BCUT2D eigenvalue weighted by atomic mass is 10.1. The van der Waals surface area contributed by atoms with Crippen molar-refractivity contribution in [2.24, 2.45) is 11.7 Å². The van der Waals surface area contributed by atoms with Gasteiger partial charge >= 0.3 is 0 Å². The highest BCUT2D eigenvalue weighted by Crippen LogP contribution is 1.96. The second kappa shape index (κ2) is 7.04. The smallest absolute Gasteiger partial charge is 0.261 e. The van der Waals surface area contributed by atoms with Gasteiger partial charge in [0.2, 0.25) is 5.91 Å². The number of nitrogens with zero attached hydrogens (tertiary/aromatic N) is 1. The lowest BCUT2D eigenvalue weighted by molar-refractivity contribution is -0.121. The summed E-state index contributed by atoms with van der Waals surface area (Å²) in [6, 6.07) is 3.20. The fraction of sp³-hybridized carbons (Fsp3) is 0.462. The first-order valence-electron chi connectivity index (χ1n) is 6.17. The normalized spacial score (nSPS) is 10.5. The van der Waals surface area contributed by atoms with Crippen LogP contribution in [-0.2, 0) is 11.3 Å². The summed E-state index contributed by atoms with van der Waals surface area (Å²) in [7, 11) is 0. The van der Waals surface area contributed by atoms with Crippen LogP contribution in [0.2, 0.25) is 0 Å². The van der Waals surface area contributed by atoms with Crippen molar-refractivity contribution >= 4 is 23.1 Å². The standard InChI is InChI=1S/C13H19N3O2S/c1-9(2)5-6-15-11(17)8-16-7-3-4-10(12(14)19)13(16)18/h3-4,7,9H,5-6,8H2,1-2H3,(H2,14,19)(H,15,17). The zero-order chi connectivity index (χ0) is 14.4. The highest BCUT2D eigenvalue weighted by Gasteiger charge is 2.08. The average molecular weight is 281 g/mol. The fourth-order valence-corrected chi connectivity index (χ4v) is 1.72. The molecule has 1 aromatic heterocycles. The lowest BCUT2D eigenvalue weighted by Gasteiger charge is -2.09. The number of aromatic nitrogens is 1. The van der Waals surface area contributed by atoms with Gasteiger partial charge in [0.1, 0.15) is 11.5 Å². The predicted octanol–water partition coefficient (Wildman–Crippen LogP) is 0.645. The Hall–Kier alpha value is -1.69. The fourth-order valence-electron chi connectivity index (χ4n) is 1.56. The molecule has 3 N–H and O–H groups in total. The van der Waals surface area contributed by atoms with Crippen LogP contribution in [0.1, 0.15) is 25.8 Å². The van der Waals surface area contributed by atoms with Gasteiger partial charge < -0.3 is 15.6 Å². The van der Waals surface area contributed by atoms with E-state index in [0.717, 1.165) is 6.42 Å². The molecule has 19 heavy (non-hydrogen) atoms. The Kier molecular flexibility index (Phi) is 5.69. The van der Waals surface area contributed by atoms with Gasteiger partial charge in [-0.3, -0.25) is 9.59 Å². The third-order valence-electron chi connectivity index (χ3n) is 2.64. The van der Waals surface area contributed by atoms with Crippen LogP contribution in [0, 0.1) is 5.92 Å². The molecule has 0 saturated carbocycles. The van der Waals surface area contributed by atoms with E-state index >= 15 is 0 Å². The molecule has 1 heterocycles. The van der Waals surface area contributed by atoms with Crippen molar-refractivity contribution in [1.29, 1.82) is 0 Å². The second-order valence-corrected chi connectivity index (χ2v) is 5.19. The van der Waals surface area contributed by atoms with Crippen molar-refractivity contribution in [2.75, 3.05) is 6.54 Å². The van der Waals surface area contributed by atoms with E-state index in [4.69, 9.17) is 18.0 Å². The van der Waals surface area contributed by atoms with Gasteiger partial charge in [0.25, 0.3) is 5.56 Å². The Morgan fingerprint density at radius 3 is 2.79 bits per heavy atom. The molecule has 0 aliphatic rings. The molecule has 0 aliphatic heterocycles. The molecule has 0 aliphatic carbocycles. The maximum Gasteiger partial charge on any atom is 0.261 e. The summed E-state index contributed by atoms with van der Waals surface area (Å²) in [5.41, 5.74) is 5.36. The first kappa shape index (κ1) is 15.4. The summed E-state index contributed by atoms with van der Waals surface area (Å²) in [5, 5.41) is 2.78. The predicted molar refractivity (Wildman–Crippen MR) is 79.1 cm³/mol. The van der Waals surface area contributed by atoms with Gasteiger partial charge in [-0.25, -0.2) is 0 Å². The van der Waals surface area contributed by atoms with E-state index in [9.17, 15) is 9.59 Å². The van der Waals surface area contributed by atoms with Crippen molar-refractivity contribution in [1.82, 2.24) is 9.88 Å². The molecule has 0 atom stereocenters. The van der Waals surface area contributed by atoms with Crippen LogP contribution >= 0.6 is 12.2 Å². The molecule has 104 valence electrons. The molecule has 0 fully saturated rings. The molecule has 0 aromatic carbocycles. The maximum atomic E-state index is 11.9. The quantitative estimate of drug-likeness (QED) is 0.750. The molecule has 0 unspecified atom stereocenters. The minimum atomic E-state index is -0.339. The van der Waals surface area contributed by atoms with Crippen LogP contribution in [0.3, 0.4) is 0 Å². The first-order valence-corrected chi connectivity index (χ1v) is 6.58. The number of hydrogen-bond acceptors (Lipinski definition) is 3. The third kappa shape index (κ3) is 4.82. The Balaban J connectivity index is 2.67. The number of amides is 1. The van der Waals surface area contributed by atoms with Crippen LogP contribution < -0.4 is 16.6 Å². The Morgan fingerprint density at radius 2 is 2.21 bits per heavy atom. The molecular formula is C13H19N3O2S. The number of carbonyl (C=O) groups excluding carboxylic acids is 1. The SMILES string of the molecule is CC(C)CCNC(=O)Cn1cccc(C(N)=S)c1=O. The number of pyridine rings is 1. The van der Waals surface area contributed by atoms with E-state index in [1.165, 1.54) is 4.57 Å². The molecule has 5 nitrogen and oxygen atoms in total. The minimum absolute atomic E-state index is 0.0205. The number of nitrogens with one attached hydrogen (secondary N) is 1. The molecule has 0 spiro atoms. The van der Waals surface area contributed by atoms with Crippen molar-refractivity contribution < 1.29 is 4.79 Å². The Bertz CT molecular complexity index is 523. The molecule has 1 amide bonds. The highest BCUT2D eigenvalue weighted by atomic mass is 32.1. The van der Waals surface area contributed by atoms with E-state index in [2.05, 4.69) is 19.2 Å². The monoisotopic (exact) mass is 281 g/mol. The van der Waals surface area contributed by atoms with E-state index < -0.39 is 0 Å². The topological polar surface area (TPSA) is 77.1 Å². The summed E-state index contributed by atoms with van der Waals surface area (Å²) in [6.07, 6.45) is 2.46. The number of rotatable bonds is 6. The molecular weight excluding hydrogens is 262 g/mol. The van der Waals surface area contributed by atoms with Crippen LogP contribution in [-0.4, -0.2) is 22.0 Å².